The average molecular weight is 423 g/mol. The van der Waals surface area contributed by atoms with Crippen molar-refractivity contribution in [3.63, 3.8) is 0 Å². The Kier molecular flexibility index (Phi) is 5.99. The first-order valence-corrected chi connectivity index (χ1v) is 10.5. The SMILES string of the molecule is Cc1nccnc1-c1csc(NC(=O)C2CCCN2C(=O)OCc2ccccc2)n1. The Morgan fingerprint density at radius 3 is 2.83 bits per heavy atom. The minimum atomic E-state index is -0.570. The van der Waals surface area contributed by atoms with Crippen LogP contribution in [0.3, 0.4) is 0 Å². The Morgan fingerprint density at radius 2 is 2.03 bits per heavy atom. The topological polar surface area (TPSA) is 97.3 Å². The number of carbonyl (C=O) groups is 2. The number of rotatable bonds is 5. The van der Waals surface area contributed by atoms with Crippen LogP contribution in [-0.4, -0.2) is 44.4 Å². The van der Waals surface area contributed by atoms with Crippen LogP contribution in [0.25, 0.3) is 11.4 Å². The van der Waals surface area contributed by atoms with Crippen LogP contribution in [0.5, 0.6) is 0 Å². The largest absolute Gasteiger partial charge is 0.445 e. The number of thiazole rings is 1. The molecule has 8 nitrogen and oxygen atoms in total. The molecule has 1 N–H and O–H groups in total. The number of benzene rings is 1. The minimum Gasteiger partial charge on any atom is -0.445 e. The van der Waals surface area contributed by atoms with Crippen molar-refractivity contribution in [1.82, 2.24) is 19.9 Å². The molecule has 1 aliphatic heterocycles. The van der Waals surface area contributed by atoms with Gasteiger partial charge in [0.15, 0.2) is 5.13 Å². The van der Waals surface area contributed by atoms with Crippen molar-refractivity contribution in [2.45, 2.75) is 32.4 Å². The summed E-state index contributed by atoms with van der Waals surface area (Å²) in [7, 11) is 0. The molecule has 1 unspecified atom stereocenters. The monoisotopic (exact) mass is 423 g/mol. The number of amides is 2. The third-order valence-electron chi connectivity index (χ3n) is 4.85. The lowest BCUT2D eigenvalue weighted by Gasteiger charge is -2.22. The fraction of sp³-hybridized carbons (Fsp3) is 0.286. The van der Waals surface area contributed by atoms with Gasteiger partial charge >= 0.3 is 6.09 Å². The van der Waals surface area contributed by atoms with Crippen molar-refractivity contribution >= 4 is 28.5 Å². The van der Waals surface area contributed by atoms with Gasteiger partial charge in [-0.3, -0.25) is 19.7 Å². The normalized spacial score (nSPS) is 15.8. The van der Waals surface area contributed by atoms with Gasteiger partial charge in [-0.25, -0.2) is 9.78 Å². The molecule has 1 saturated heterocycles. The first-order valence-electron chi connectivity index (χ1n) is 9.63. The highest BCUT2D eigenvalue weighted by Crippen LogP contribution is 2.26. The Bertz CT molecular complexity index is 1040. The summed E-state index contributed by atoms with van der Waals surface area (Å²) < 4.78 is 5.40. The Morgan fingerprint density at radius 1 is 1.23 bits per heavy atom. The molecule has 2 aromatic heterocycles. The zero-order valence-corrected chi connectivity index (χ0v) is 17.3. The summed E-state index contributed by atoms with van der Waals surface area (Å²) in [6, 6.07) is 8.89. The number of anilines is 1. The molecular weight excluding hydrogens is 402 g/mol. The van der Waals surface area contributed by atoms with Crippen LogP contribution in [0.15, 0.2) is 48.1 Å². The highest BCUT2D eigenvalue weighted by Gasteiger charge is 2.35. The van der Waals surface area contributed by atoms with Crippen LogP contribution in [0.4, 0.5) is 9.93 Å². The number of hydrogen-bond donors (Lipinski definition) is 1. The predicted octanol–water partition coefficient (Wildman–Crippen LogP) is 3.65. The lowest BCUT2D eigenvalue weighted by Crippen LogP contribution is -2.43. The second-order valence-electron chi connectivity index (χ2n) is 6.91. The van der Waals surface area contributed by atoms with Gasteiger partial charge in [-0.15, -0.1) is 11.3 Å². The van der Waals surface area contributed by atoms with Gasteiger partial charge < -0.3 is 10.1 Å². The Hall–Kier alpha value is -3.33. The molecular formula is C21H21N5O3S. The zero-order chi connectivity index (χ0) is 20.9. The van der Waals surface area contributed by atoms with Crippen LogP contribution in [0, 0.1) is 6.92 Å². The van der Waals surface area contributed by atoms with Crippen molar-refractivity contribution in [2.75, 3.05) is 11.9 Å². The van der Waals surface area contributed by atoms with Crippen molar-refractivity contribution < 1.29 is 14.3 Å². The number of hydrogen-bond acceptors (Lipinski definition) is 7. The van der Waals surface area contributed by atoms with E-state index in [-0.39, 0.29) is 12.5 Å². The fourth-order valence-electron chi connectivity index (χ4n) is 3.35. The number of nitrogens with one attached hydrogen (secondary N) is 1. The number of aryl methyl sites for hydroxylation is 1. The number of aromatic nitrogens is 3. The van der Waals surface area contributed by atoms with Crippen LogP contribution >= 0.6 is 11.3 Å². The molecule has 154 valence electrons. The van der Waals surface area contributed by atoms with Crippen LogP contribution in [-0.2, 0) is 16.1 Å². The number of nitrogens with zero attached hydrogens (tertiary/aromatic N) is 4. The third-order valence-corrected chi connectivity index (χ3v) is 5.61. The van der Waals surface area contributed by atoms with Crippen LogP contribution < -0.4 is 5.32 Å². The van der Waals surface area contributed by atoms with Crippen LogP contribution in [0.1, 0.15) is 24.1 Å². The van der Waals surface area contributed by atoms with Gasteiger partial charge in [0, 0.05) is 24.3 Å². The van der Waals surface area contributed by atoms with Crippen molar-refractivity contribution in [3.8, 4) is 11.4 Å². The smallest absolute Gasteiger partial charge is 0.410 e. The van der Waals surface area contributed by atoms with E-state index >= 15 is 0 Å². The van der Waals surface area contributed by atoms with Crippen molar-refractivity contribution in [3.05, 3.63) is 59.4 Å². The molecule has 0 bridgehead atoms. The van der Waals surface area contributed by atoms with E-state index in [1.165, 1.54) is 16.2 Å². The quantitative estimate of drug-likeness (QED) is 0.673. The van der Waals surface area contributed by atoms with E-state index in [9.17, 15) is 9.59 Å². The molecule has 2 amide bonds. The van der Waals surface area contributed by atoms with E-state index in [2.05, 4.69) is 20.3 Å². The molecule has 1 fully saturated rings. The lowest BCUT2D eigenvalue weighted by molar-refractivity contribution is -0.120. The van der Waals surface area contributed by atoms with E-state index in [4.69, 9.17) is 4.74 Å². The molecule has 3 heterocycles. The maximum atomic E-state index is 12.8. The molecule has 4 rings (SSSR count). The van der Waals surface area contributed by atoms with Gasteiger partial charge in [0.05, 0.1) is 5.69 Å². The summed E-state index contributed by atoms with van der Waals surface area (Å²) in [5.41, 5.74) is 3.01. The van der Waals surface area contributed by atoms with E-state index in [0.717, 1.165) is 17.7 Å². The maximum absolute atomic E-state index is 12.8. The molecule has 3 aromatic rings. The second kappa shape index (κ2) is 9.00. The summed E-state index contributed by atoms with van der Waals surface area (Å²) in [5.74, 6) is -0.263. The van der Waals surface area contributed by atoms with Gasteiger partial charge in [0.25, 0.3) is 0 Å². The molecule has 30 heavy (non-hydrogen) atoms. The number of ether oxygens (including phenoxy) is 1. The van der Waals surface area contributed by atoms with Crippen LogP contribution in [0.2, 0.25) is 0 Å². The van der Waals surface area contributed by atoms with E-state index in [1.54, 1.807) is 12.4 Å². The summed E-state index contributed by atoms with van der Waals surface area (Å²) >= 11 is 1.31. The Labute approximate surface area is 178 Å². The molecule has 0 spiro atoms. The standard InChI is InChI=1S/C21H21N5O3S/c1-14-18(23-10-9-22-14)16-13-30-20(24-16)25-19(27)17-8-5-11-26(17)21(28)29-12-15-6-3-2-4-7-15/h2-4,6-7,9-10,13,17H,5,8,11-12H2,1H3,(H,24,25,27). The van der Waals surface area contributed by atoms with Gasteiger partial charge in [-0.2, -0.15) is 0 Å². The minimum absolute atomic E-state index is 0.178. The highest BCUT2D eigenvalue weighted by molar-refractivity contribution is 7.14. The second-order valence-corrected chi connectivity index (χ2v) is 7.77. The van der Waals surface area contributed by atoms with Gasteiger partial charge in [-0.05, 0) is 25.3 Å². The summed E-state index contributed by atoms with van der Waals surface area (Å²) in [4.78, 5) is 39.7. The van der Waals surface area contributed by atoms with E-state index < -0.39 is 12.1 Å². The van der Waals surface area contributed by atoms with Gasteiger partial charge in [0.1, 0.15) is 24.0 Å². The fourth-order valence-corrected chi connectivity index (χ4v) is 4.05. The van der Waals surface area contributed by atoms with E-state index in [1.807, 2.05) is 42.6 Å². The average Bonchev–Trinajstić information content (AvgIpc) is 3.43. The maximum Gasteiger partial charge on any atom is 0.410 e. The van der Waals surface area contributed by atoms with Gasteiger partial charge in [-0.1, -0.05) is 30.3 Å². The molecule has 1 aromatic carbocycles. The predicted molar refractivity (Wildman–Crippen MR) is 113 cm³/mol. The molecule has 0 aliphatic carbocycles. The van der Waals surface area contributed by atoms with Crippen molar-refractivity contribution in [2.24, 2.45) is 0 Å². The summed E-state index contributed by atoms with van der Waals surface area (Å²) in [6.07, 6.45) is 4.09. The number of likely N-dealkylation sites (tertiary alicyclic amines) is 1. The molecule has 1 atom stereocenters. The molecule has 0 radical (unpaired) electrons. The first kappa shape index (κ1) is 20.0. The molecule has 0 saturated carbocycles. The zero-order valence-electron chi connectivity index (χ0n) is 16.4. The third kappa shape index (κ3) is 4.46. The lowest BCUT2D eigenvalue weighted by atomic mass is 10.2. The highest BCUT2D eigenvalue weighted by atomic mass is 32.1. The first-order chi connectivity index (χ1) is 14.6. The van der Waals surface area contributed by atoms with E-state index in [0.29, 0.717) is 29.5 Å². The van der Waals surface area contributed by atoms with Crippen molar-refractivity contribution in [1.29, 1.82) is 0 Å². The van der Waals surface area contributed by atoms with Gasteiger partial charge in [0.2, 0.25) is 5.91 Å². The molecule has 9 heteroatoms. The summed E-state index contributed by atoms with van der Waals surface area (Å²) in [6.45, 7) is 2.53. The molecule has 1 aliphatic rings. The Balaban J connectivity index is 1.38. The summed E-state index contributed by atoms with van der Waals surface area (Å²) in [5, 5.41) is 5.11. The number of carbonyl (C=O) groups excluding carboxylic acids is 2.